The van der Waals surface area contributed by atoms with Gasteiger partial charge >= 0.3 is 0 Å². The predicted molar refractivity (Wildman–Crippen MR) is 117 cm³/mol. The Labute approximate surface area is 189 Å². The first-order valence-corrected chi connectivity index (χ1v) is 9.56. The van der Waals surface area contributed by atoms with Crippen LogP contribution in [0.25, 0.3) is 0 Å². The molecule has 11 heteroatoms. The number of anilines is 1. The third-order valence-corrected chi connectivity index (χ3v) is 4.69. The SMILES string of the molecule is COc1cc(OC)c(N=NC(C(C)=O)C(=O)Nc2cc(Cl)c(OC)cc2OC)cc1Cl. The number of azo groups is 1. The number of amides is 1. The van der Waals surface area contributed by atoms with Gasteiger partial charge in [0.25, 0.3) is 5.91 Å². The number of ketones is 1. The van der Waals surface area contributed by atoms with Gasteiger partial charge in [-0.05, 0) is 19.1 Å². The van der Waals surface area contributed by atoms with Crippen LogP contribution in [-0.4, -0.2) is 46.2 Å². The van der Waals surface area contributed by atoms with Gasteiger partial charge in [0.15, 0.2) is 5.78 Å². The fraction of sp³-hybridized carbons (Fsp3) is 0.300. The summed E-state index contributed by atoms with van der Waals surface area (Å²) in [5.41, 5.74) is 0.460. The van der Waals surface area contributed by atoms with Crippen LogP contribution in [0.3, 0.4) is 0 Å². The summed E-state index contributed by atoms with van der Waals surface area (Å²) in [6, 6.07) is 4.48. The van der Waals surface area contributed by atoms with E-state index in [2.05, 4.69) is 15.5 Å². The number of nitrogens with zero attached hydrogens (tertiary/aromatic N) is 2. The van der Waals surface area contributed by atoms with Crippen LogP contribution in [0.1, 0.15) is 6.92 Å². The normalized spacial score (nSPS) is 11.7. The van der Waals surface area contributed by atoms with Crippen molar-refractivity contribution < 1.29 is 28.5 Å². The second kappa shape index (κ2) is 10.8. The highest BCUT2D eigenvalue weighted by Gasteiger charge is 2.25. The molecule has 0 heterocycles. The number of nitrogens with one attached hydrogen (secondary N) is 1. The van der Waals surface area contributed by atoms with Crippen molar-refractivity contribution in [1.29, 1.82) is 0 Å². The summed E-state index contributed by atoms with van der Waals surface area (Å²) in [5.74, 6) is 0.0751. The van der Waals surface area contributed by atoms with Gasteiger partial charge in [-0.2, -0.15) is 10.2 Å². The van der Waals surface area contributed by atoms with Crippen molar-refractivity contribution in [2.24, 2.45) is 10.2 Å². The van der Waals surface area contributed by atoms with Crippen molar-refractivity contribution in [2.45, 2.75) is 13.0 Å². The van der Waals surface area contributed by atoms with Crippen LogP contribution in [0, 0.1) is 0 Å². The Kier molecular flexibility index (Phi) is 8.47. The van der Waals surface area contributed by atoms with Gasteiger partial charge in [-0.1, -0.05) is 23.2 Å². The molecule has 0 bridgehead atoms. The number of halogens is 2. The minimum absolute atomic E-state index is 0.220. The molecule has 0 saturated heterocycles. The van der Waals surface area contributed by atoms with Crippen LogP contribution in [0.5, 0.6) is 23.0 Å². The number of carbonyl (C=O) groups is 2. The van der Waals surface area contributed by atoms with E-state index in [1.54, 1.807) is 0 Å². The van der Waals surface area contributed by atoms with Crippen molar-refractivity contribution >= 4 is 46.3 Å². The highest BCUT2D eigenvalue weighted by Crippen LogP contribution is 2.38. The van der Waals surface area contributed by atoms with Gasteiger partial charge in [0, 0.05) is 12.1 Å². The Balaban J connectivity index is 2.33. The van der Waals surface area contributed by atoms with Crippen LogP contribution < -0.4 is 24.3 Å². The summed E-state index contributed by atoms with van der Waals surface area (Å²) in [5, 5.41) is 11.0. The summed E-state index contributed by atoms with van der Waals surface area (Å²) in [4.78, 5) is 24.8. The minimum Gasteiger partial charge on any atom is -0.495 e. The van der Waals surface area contributed by atoms with Crippen molar-refractivity contribution in [2.75, 3.05) is 33.8 Å². The van der Waals surface area contributed by atoms with Gasteiger partial charge in [-0.25, -0.2) is 0 Å². The topological polar surface area (TPSA) is 108 Å². The Morgan fingerprint density at radius 3 is 1.87 bits per heavy atom. The monoisotopic (exact) mass is 469 g/mol. The van der Waals surface area contributed by atoms with Gasteiger partial charge in [0.1, 0.15) is 28.7 Å². The molecule has 2 aromatic carbocycles. The number of Topliss-reactive ketones (excluding diaryl/α,β-unsaturated/α-hetero) is 1. The van der Waals surface area contributed by atoms with Gasteiger partial charge < -0.3 is 24.3 Å². The lowest BCUT2D eigenvalue weighted by atomic mass is 10.2. The van der Waals surface area contributed by atoms with Gasteiger partial charge in [-0.15, -0.1) is 0 Å². The maximum Gasteiger partial charge on any atom is 0.258 e. The molecular weight excluding hydrogens is 449 g/mol. The molecular formula is C20H21Cl2N3O6. The Bertz CT molecular complexity index is 1010. The number of benzene rings is 2. The molecule has 0 aliphatic rings. The van der Waals surface area contributed by atoms with E-state index in [-0.39, 0.29) is 27.2 Å². The second-order valence-electron chi connectivity index (χ2n) is 6.06. The molecule has 0 radical (unpaired) electrons. The number of hydrogen-bond donors (Lipinski definition) is 1. The predicted octanol–water partition coefficient (Wildman–Crippen LogP) is 4.71. The van der Waals surface area contributed by atoms with Gasteiger partial charge in [-0.3, -0.25) is 9.59 Å². The maximum atomic E-state index is 12.7. The Morgan fingerprint density at radius 2 is 1.35 bits per heavy atom. The minimum atomic E-state index is -1.43. The number of hydrogen-bond acceptors (Lipinski definition) is 8. The van der Waals surface area contributed by atoms with Gasteiger partial charge in [0.05, 0.1) is 44.2 Å². The third kappa shape index (κ3) is 5.77. The number of methoxy groups -OCH3 is 4. The summed E-state index contributed by atoms with van der Waals surface area (Å²) in [7, 11) is 5.75. The average Bonchev–Trinajstić information content (AvgIpc) is 2.74. The molecule has 1 amide bonds. The van der Waals surface area contributed by atoms with Crippen LogP contribution in [0.2, 0.25) is 10.0 Å². The summed E-state index contributed by atoms with van der Waals surface area (Å²) >= 11 is 12.2. The standard InChI is InChI=1S/C20H21Cl2N3O6/c1-10(26)19(25-24-14-7-12(22)16(29-3)9-18(14)31-5)20(27)23-13-6-11(21)15(28-2)8-17(13)30-4/h6-9,19H,1-5H3,(H,23,27). The molecule has 2 aromatic rings. The summed E-state index contributed by atoms with van der Waals surface area (Å²) in [6.45, 7) is 1.22. The lowest BCUT2D eigenvalue weighted by molar-refractivity contribution is -0.126. The van der Waals surface area contributed by atoms with E-state index in [1.807, 2.05) is 0 Å². The fourth-order valence-electron chi connectivity index (χ4n) is 2.52. The van der Waals surface area contributed by atoms with Crippen molar-refractivity contribution in [3.05, 3.63) is 34.3 Å². The zero-order chi connectivity index (χ0) is 23.1. The molecule has 0 aliphatic heterocycles. The quantitative estimate of drug-likeness (QED) is 0.420. The zero-order valence-corrected chi connectivity index (χ0v) is 19.0. The molecule has 1 N–H and O–H groups in total. The largest absolute Gasteiger partial charge is 0.495 e. The van der Waals surface area contributed by atoms with Crippen molar-refractivity contribution in [3.8, 4) is 23.0 Å². The van der Waals surface area contributed by atoms with Crippen LogP contribution in [0.4, 0.5) is 11.4 Å². The molecule has 0 aromatic heterocycles. The Morgan fingerprint density at radius 1 is 0.839 bits per heavy atom. The summed E-state index contributed by atoms with van der Waals surface area (Å²) in [6.07, 6.45) is 0. The molecule has 0 aliphatic carbocycles. The molecule has 1 atom stereocenters. The van der Waals surface area contributed by atoms with E-state index in [9.17, 15) is 9.59 Å². The molecule has 31 heavy (non-hydrogen) atoms. The molecule has 1 unspecified atom stereocenters. The highest BCUT2D eigenvalue weighted by atomic mass is 35.5. The van der Waals surface area contributed by atoms with E-state index in [4.69, 9.17) is 42.1 Å². The molecule has 0 saturated carbocycles. The molecule has 0 fully saturated rings. The Hall–Kier alpha value is -3.04. The van der Waals surface area contributed by atoms with Crippen LogP contribution >= 0.6 is 23.2 Å². The number of rotatable bonds is 9. The highest BCUT2D eigenvalue weighted by molar-refractivity contribution is 6.32. The lowest BCUT2D eigenvalue weighted by Crippen LogP contribution is -2.32. The van der Waals surface area contributed by atoms with E-state index in [1.165, 1.54) is 59.6 Å². The number of ether oxygens (including phenoxy) is 4. The third-order valence-electron chi connectivity index (χ3n) is 4.10. The molecule has 0 spiro atoms. The zero-order valence-electron chi connectivity index (χ0n) is 17.5. The first-order chi connectivity index (χ1) is 14.7. The van der Waals surface area contributed by atoms with E-state index < -0.39 is 17.7 Å². The first kappa shape index (κ1) is 24.2. The van der Waals surface area contributed by atoms with Crippen LogP contribution in [-0.2, 0) is 9.59 Å². The van der Waals surface area contributed by atoms with Crippen molar-refractivity contribution in [3.63, 3.8) is 0 Å². The smallest absolute Gasteiger partial charge is 0.258 e. The first-order valence-electron chi connectivity index (χ1n) is 8.80. The average molecular weight is 470 g/mol. The molecule has 9 nitrogen and oxygen atoms in total. The maximum absolute atomic E-state index is 12.7. The fourth-order valence-corrected chi connectivity index (χ4v) is 3.00. The number of carbonyl (C=O) groups excluding carboxylic acids is 2. The molecule has 166 valence electrons. The van der Waals surface area contributed by atoms with E-state index in [0.717, 1.165) is 0 Å². The summed E-state index contributed by atoms with van der Waals surface area (Å²) < 4.78 is 20.7. The second-order valence-corrected chi connectivity index (χ2v) is 6.88. The van der Waals surface area contributed by atoms with E-state index >= 15 is 0 Å². The molecule has 2 rings (SSSR count). The van der Waals surface area contributed by atoms with Crippen molar-refractivity contribution in [1.82, 2.24) is 0 Å². The van der Waals surface area contributed by atoms with E-state index in [0.29, 0.717) is 17.2 Å². The van der Waals surface area contributed by atoms with Crippen LogP contribution in [0.15, 0.2) is 34.5 Å². The van der Waals surface area contributed by atoms with Gasteiger partial charge in [0.2, 0.25) is 6.04 Å². The lowest BCUT2D eigenvalue weighted by Gasteiger charge is -2.15.